The van der Waals surface area contributed by atoms with E-state index in [0.717, 1.165) is 17.7 Å². The van der Waals surface area contributed by atoms with Crippen molar-refractivity contribution in [3.8, 4) is 11.3 Å². The Morgan fingerprint density at radius 2 is 1.84 bits per heavy atom. The molecule has 2 rings (SSSR count). The Labute approximate surface area is 128 Å². The van der Waals surface area contributed by atoms with Crippen molar-refractivity contribution in [3.63, 3.8) is 0 Å². The van der Waals surface area contributed by atoms with Crippen LogP contribution < -0.4 is 0 Å². The van der Waals surface area contributed by atoms with Crippen molar-refractivity contribution in [2.45, 2.75) is 27.2 Å². The molecule has 2 N–H and O–H groups in total. The maximum absolute atomic E-state index is 4.50. The van der Waals surface area contributed by atoms with Crippen LogP contribution in [0.5, 0.6) is 0 Å². The summed E-state index contributed by atoms with van der Waals surface area (Å²) in [4.78, 5) is 4.50. The van der Waals surface area contributed by atoms with Gasteiger partial charge in [-0.15, -0.1) is 35.9 Å². The van der Waals surface area contributed by atoms with Gasteiger partial charge in [0.2, 0.25) is 0 Å². The molecule has 1 aromatic heterocycles. The first-order valence-corrected chi connectivity index (χ1v) is 5.97. The van der Waals surface area contributed by atoms with Crippen LogP contribution in [0.4, 0.5) is 0 Å². The summed E-state index contributed by atoms with van der Waals surface area (Å²) in [6.07, 6.45) is 3.03. The summed E-state index contributed by atoms with van der Waals surface area (Å²) >= 11 is 0. The Morgan fingerprint density at radius 1 is 1.11 bits per heavy atom. The van der Waals surface area contributed by atoms with Gasteiger partial charge in [-0.1, -0.05) is 32.9 Å². The molecule has 0 saturated carbocycles. The standard InChI is InChI=1S/C16H18N.Ir.H2O/c1-16(2,3)11-13-9-10-15(17-12-13)14-7-5-4-6-8-14;;/h4-7,9-10,12H,11H2,1-3H3;;1H2/q-1;;. The van der Waals surface area contributed by atoms with Crippen LogP contribution in [0.3, 0.4) is 0 Å². The second kappa shape index (κ2) is 7.54. The van der Waals surface area contributed by atoms with Gasteiger partial charge in [-0.05, 0) is 23.1 Å². The van der Waals surface area contributed by atoms with E-state index < -0.39 is 0 Å². The van der Waals surface area contributed by atoms with E-state index in [1.54, 1.807) is 0 Å². The van der Waals surface area contributed by atoms with E-state index in [9.17, 15) is 0 Å². The molecule has 0 bridgehead atoms. The SMILES string of the molecule is CC(C)(C)Cc1ccc(-c2[c-]cccc2)nc1.O.[Ir]. The van der Waals surface area contributed by atoms with E-state index in [1.807, 2.05) is 30.5 Å². The van der Waals surface area contributed by atoms with Gasteiger partial charge < -0.3 is 10.5 Å². The number of hydrogen-bond donors (Lipinski definition) is 0. The van der Waals surface area contributed by atoms with Gasteiger partial charge in [-0.3, -0.25) is 0 Å². The third kappa shape index (κ3) is 5.64. The van der Waals surface area contributed by atoms with Crippen LogP contribution >= 0.6 is 0 Å². The maximum atomic E-state index is 4.50. The summed E-state index contributed by atoms with van der Waals surface area (Å²) in [6.45, 7) is 6.73. The van der Waals surface area contributed by atoms with Crippen LogP contribution in [0.15, 0.2) is 42.6 Å². The Kier molecular flexibility index (Phi) is 7.13. The van der Waals surface area contributed by atoms with Gasteiger partial charge in [-0.25, -0.2) is 0 Å². The van der Waals surface area contributed by atoms with Gasteiger partial charge in [0.15, 0.2) is 0 Å². The molecule has 1 aromatic carbocycles. The molecule has 19 heavy (non-hydrogen) atoms. The van der Waals surface area contributed by atoms with Crippen molar-refractivity contribution in [3.05, 3.63) is 54.2 Å². The smallest absolute Gasteiger partial charge is 0.0193 e. The minimum absolute atomic E-state index is 0. The monoisotopic (exact) mass is 435 g/mol. The van der Waals surface area contributed by atoms with Crippen molar-refractivity contribution >= 4 is 0 Å². The molecule has 105 valence electrons. The fourth-order valence-electron chi connectivity index (χ4n) is 1.85. The molecule has 1 heterocycles. The van der Waals surface area contributed by atoms with E-state index in [-0.39, 0.29) is 25.6 Å². The molecule has 0 saturated heterocycles. The van der Waals surface area contributed by atoms with Crippen molar-refractivity contribution < 1.29 is 25.6 Å². The van der Waals surface area contributed by atoms with Crippen molar-refractivity contribution in [1.82, 2.24) is 4.98 Å². The van der Waals surface area contributed by atoms with Gasteiger partial charge in [-0.2, -0.15) is 0 Å². The fraction of sp³-hybridized carbons (Fsp3) is 0.312. The first-order chi connectivity index (χ1) is 8.04. The molecule has 0 spiro atoms. The minimum atomic E-state index is 0. The quantitative estimate of drug-likeness (QED) is 0.669. The van der Waals surface area contributed by atoms with Crippen LogP contribution in [0.25, 0.3) is 11.3 Å². The Hall–Kier alpha value is -1.02. The molecule has 0 aliphatic heterocycles. The minimum Gasteiger partial charge on any atom is -0.412 e. The zero-order valence-electron chi connectivity index (χ0n) is 11.5. The van der Waals surface area contributed by atoms with Gasteiger partial charge in [0.1, 0.15) is 0 Å². The zero-order valence-corrected chi connectivity index (χ0v) is 13.9. The normalized spacial score (nSPS) is 10.3. The summed E-state index contributed by atoms with van der Waals surface area (Å²) < 4.78 is 0. The zero-order chi connectivity index (χ0) is 12.3. The third-order valence-electron chi connectivity index (χ3n) is 2.54. The Morgan fingerprint density at radius 3 is 2.32 bits per heavy atom. The summed E-state index contributed by atoms with van der Waals surface area (Å²) in [5, 5.41) is 0. The van der Waals surface area contributed by atoms with E-state index in [4.69, 9.17) is 0 Å². The van der Waals surface area contributed by atoms with Gasteiger partial charge in [0.25, 0.3) is 0 Å². The number of pyridine rings is 1. The fourth-order valence-corrected chi connectivity index (χ4v) is 1.85. The van der Waals surface area contributed by atoms with Crippen LogP contribution in [-0.4, -0.2) is 10.5 Å². The second-order valence-corrected chi connectivity index (χ2v) is 5.57. The molecule has 3 heteroatoms. The summed E-state index contributed by atoms with van der Waals surface area (Å²) in [5.74, 6) is 0. The van der Waals surface area contributed by atoms with E-state index in [1.165, 1.54) is 5.56 Å². The van der Waals surface area contributed by atoms with Gasteiger partial charge in [0.05, 0.1) is 0 Å². The molecule has 0 amide bonds. The van der Waals surface area contributed by atoms with Crippen molar-refractivity contribution in [1.29, 1.82) is 0 Å². The first kappa shape index (κ1) is 18.0. The number of rotatable bonds is 2. The van der Waals surface area contributed by atoms with E-state index in [0.29, 0.717) is 5.41 Å². The van der Waals surface area contributed by atoms with Crippen LogP contribution in [0.2, 0.25) is 0 Å². The van der Waals surface area contributed by atoms with E-state index in [2.05, 4.69) is 44.0 Å². The molecule has 0 atom stereocenters. The average Bonchev–Trinajstić information content (AvgIpc) is 2.29. The Balaban J connectivity index is 0.00000162. The number of hydrogen-bond acceptors (Lipinski definition) is 1. The second-order valence-electron chi connectivity index (χ2n) is 5.57. The number of nitrogens with zero attached hydrogens (tertiary/aromatic N) is 1. The summed E-state index contributed by atoms with van der Waals surface area (Å²) in [7, 11) is 0. The topological polar surface area (TPSA) is 44.4 Å². The average molecular weight is 435 g/mol. The maximum Gasteiger partial charge on any atom is 0.0193 e. The predicted octanol–water partition coefficient (Wildman–Crippen LogP) is 3.31. The van der Waals surface area contributed by atoms with Crippen molar-refractivity contribution in [2.24, 2.45) is 5.41 Å². The third-order valence-corrected chi connectivity index (χ3v) is 2.54. The van der Waals surface area contributed by atoms with Gasteiger partial charge >= 0.3 is 0 Å². The molecule has 0 fully saturated rings. The number of aromatic nitrogens is 1. The van der Waals surface area contributed by atoms with Crippen LogP contribution in [0, 0.1) is 11.5 Å². The number of benzene rings is 1. The molecule has 1 radical (unpaired) electrons. The largest absolute Gasteiger partial charge is 0.412 e. The van der Waals surface area contributed by atoms with Crippen LogP contribution in [-0.2, 0) is 26.5 Å². The molecular formula is C16H20IrNO-. The Bertz CT molecular complexity index is 474. The molecular weight excluding hydrogens is 414 g/mol. The molecule has 0 aliphatic carbocycles. The summed E-state index contributed by atoms with van der Waals surface area (Å²) in [5.41, 5.74) is 3.64. The van der Waals surface area contributed by atoms with Crippen molar-refractivity contribution in [2.75, 3.05) is 0 Å². The molecule has 0 unspecified atom stereocenters. The molecule has 2 aromatic rings. The molecule has 2 nitrogen and oxygen atoms in total. The molecule has 0 aliphatic rings. The van der Waals surface area contributed by atoms with E-state index >= 15 is 0 Å². The predicted molar refractivity (Wildman–Crippen MR) is 75.3 cm³/mol. The first-order valence-electron chi connectivity index (χ1n) is 5.97. The van der Waals surface area contributed by atoms with Crippen LogP contribution in [0.1, 0.15) is 26.3 Å². The summed E-state index contributed by atoms with van der Waals surface area (Å²) in [6, 6.07) is 15.4. The van der Waals surface area contributed by atoms with Gasteiger partial charge in [0, 0.05) is 26.3 Å².